The lowest BCUT2D eigenvalue weighted by molar-refractivity contribution is -0.0281. The average molecular weight is 501 g/mol. The molecule has 11 heteroatoms. The van der Waals surface area contributed by atoms with Crippen LogP contribution < -0.4 is 0 Å². The van der Waals surface area contributed by atoms with Gasteiger partial charge in [0.1, 0.15) is 0 Å². The summed E-state index contributed by atoms with van der Waals surface area (Å²) >= 11 is 0. The van der Waals surface area contributed by atoms with Gasteiger partial charge < -0.3 is 52.5 Å². The van der Waals surface area contributed by atoms with Gasteiger partial charge in [-0.2, -0.15) is 0 Å². The van der Waals surface area contributed by atoms with Crippen LogP contribution in [0.15, 0.2) is 0 Å². The van der Waals surface area contributed by atoms with E-state index in [0.717, 1.165) is 0 Å². The smallest absolute Gasteiger partial charge is 0.0703 e. The lowest BCUT2D eigenvalue weighted by atomic mass is 10.5. The van der Waals surface area contributed by atoms with Gasteiger partial charge in [0.05, 0.1) is 138 Å². The topological polar surface area (TPSA) is 113 Å². The van der Waals surface area contributed by atoms with Crippen LogP contribution in [0.3, 0.4) is 0 Å². The standard InChI is InChI=1S/C23H48O11/c1-23(2)34-22-21-33-20-19-32-18-17-31-16-15-30-14-13-29-12-11-28-10-9-27-8-7-26-6-5-25-4-3-24/h23-24H,3-22H2,1-2H3. The predicted molar refractivity (Wildman–Crippen MR) is 126 cm³/mol. The van der Waals surface area contributed by atoms with E-state index >= 15 is 0 Å². The van der Waals surface area contributed by atoms with E-state index in [0.29, 0.717) is 126 Å². The predicted octanol–water partition coefficient (Wildman–Crippen LogP) is 0.553. The molecule has 0 rings (SSSR count). The molecular formula is C23H48O11. The largest absolute Gasteiger partial charge is 0.394 e. The Morgan fingerprint density at radius 2 is 0.559 bits per heavy atom. The molecule has 0 spiro atoms. The van der Waals surface area contributed by atoms with Crippen LogP contribution in [0.4, 0.5) is 0 Å². The summed E-state index contributed by atoms with van der Waals surface area (Å²) in [7, 11) is 0. The van der Waals surface area contributed by atoms with Crippen LogP contribution in [0.1, 0.15) is 13.8 Å². The maximum absolute atomic E-state index is 8.55. The Morgan fingerprint density at radius 3 is 0.765 bits per heavy atom. The summed E-state index contributed by atoms with van der Waals surface area (Å²) in [4.78, 5) is 0. The van der Waals surface area contributed by atoms with E-state index < -0.39 is 0 Å². The molecule has 34 heavy (non-hydrogen) atoms. The molecule has 0 aliphatic heterocycles. The number of aliphatic hydroxyl groups is 1. The molecule has 0 bridgehead atoms. The molecule has 0 aromatic carbocycles. The van der Waals surface area contributed by atoms with Crippen molar-refractivity contribution in [1.82, 2.24) is 0 Å². The van der Waals surface area contributed by atoms with E-state index in [4.69, 9.17) is 52.5 Å². The van der Waals surface area contributed by atoms with Gasteiger partial charge >= 0.3 is 0 Å². The Kier molecular flexibility index (Phi) is 30.2. The zero-order valence-corrected chi connectivity index (χ0v) is 21.2. The highest BCUT2D eigenvalue weighted by Gasteiger charge is 1.96. The van der Waals surface area contributed by atoms with Crippen molar-refractivity contribution in [2.24, 2.45) is 0 Å². The van der Waals surface area contributed by atoms with Crippen LogP contribution in [-0.4, -0.2) is 143 Å². The molecule has 0 fully saturated rings. The summed E-state index contributed by atoms with van der Waals surface area (Å²) in [6, 6.07) is 0. The summed E-state index contributed by atoms with van der Waals surface area (Å²) in [6.45, 7) is 13.9. The highest BCUT2D eigenvalue weighted by atomic mass is 16.6. The van der Waals surface area contributed by atoms with Crippen molar-refractivity contribution in [2.45, 2.75) is 20.0 Å². The van der Waals surface area contributed by atoms with E-state index in [1.54, 1.807) is 0 Å². The summed E-state index contributed by atoms with van der Waals surface area (Å²) < 4.78 is 53.7. The third-order valence-electron chi connectivity index (χ3n) is 3.89. The molecule has 0 radical (unpaired) electrons. The highest BCUT2D eigenvalue weighted by molar-refractivity contribution is 4.39. The SMILES string of the molecule is CC(C)OCCOCCOCCOCCOCCOCCOCCOCCOCCOCCO. The van der Waals surface area contributed by atoms with Crippen LogP contribution in [-0.2, 0) is 47.4 Å². The van der Waals surface area contributed by atoms with Crippen molar-refractivity contribution in [1.29, 1.82) is 0 Å². The van der Waals surface area contributed by atoms with E-state index in [1.807, 2.05) is 13.8 Å². The quantitative estimate of drug-likeness (QED) is 0.140. The second kappa shape index (κ2) is 30.6. The second-order valence-corrected chi connectivity index (χ2v) is 7.15. The first-order chi connectivity index (χ1) is 16.8. The zero-order valence-electron chi connectivity index (χ0n) is 21.2. The first kappa shape index (κ1) is 33.6. The van der Waals surface area contributed by atoms with Crippen LogP contribution in [0, 0.1) is 0 Å². The van der Waals surface area contributed by atoms with E-state index in [9.17, 15) is 0 Å². The fourth-order valence-electron chi connectivity index (χ4n) is 2.27. The van der Waals surface area contributed by atoms with Crippen molar-refractivity contribution < 1.29 is 52.5 Å². The van der Waals surface area contributed by atoms with Gasteiger partial charge in [0.2, 0.25) is 0 Å². The van der Waals surface area contributed by atoms with E-state index in [-0.39, 0.29) is 12.7 Å². The Labute approximate surface area is 205 Å². The van der Waals surface area contributed by atoms with Gasteiger partial charge in [-0.1, -0.05) is 0 Å². The molecule has 0 amide bonds. The molecular weight excluding hydrogens is 452 g/mol. The second-order valence-electron chi connectivity index (χ2n) is 7.15. The normalized spacial score (nSPS) is 11.6. The summed E-state index contributed by atoms with van der Waals surface area (Å²) in [5, 5.41) is 8.55. The third-order valence-corrected chi connectivity index (χ3v) is 3.89. The molecule has 11 nitrogen and oxygen atoms in total. The molecule has 0 aromatic rings. The number of hydrogen-bond acceptors (Lipinski definition) is 11. The molecule has 0 aliphatic rings. The average Bonchev–Trinajstić information content (AvgIpc) is 2.83. The zero-order chi connectivity index (χ0) is 24.8. The lowest BCUT2D eigenvalue weighted by Crippen LogP contribution is -2.15. The number of hydrogen-bond donors (Lipinski definition) is 1. The van der Waals surface area contributed by atoms with Gasteiger partial charge in [-0.3, -0.25) is 0 Å². The summed E-state index contributed by atoms with van der Waals surface area (Å²) in [5.41, 5.74) is 0. The van der Waals surface area contributed by atoms with Crippen molar-refractivity contribution >= 4 is 0 Å². The molecule has 0 saturated heterocycles. The highest BCUT2D eigenvalue weighted by Crippen LogP contribution is 1.88. The van der Waals surface area contributed by atoms with Crippen LogP contribution in [0.5, 0.6) is 0 Å². The molecule has 0 heterocycles. The Balaban J connectivity index is 3.00. The summed E-state index contributed by atoms with van der Waals surface area (Å²) in [5.74, 6) is 0. The number of rotatable bonds is 30. The first-order valence-electron chi connectivity index (χ1n) is 12.2. The van der Waals surface area contributed by atoms with Gasteiger partial charge in [0, 0.05) is 0 Å². The molecule has 0 unspecified atom stereocenters. The minimum atomic E-state index is 0.0298. The van der Waals surface area contributed by atoms with Crippen molar-refractivity contribution in [3.05, 3.63) is 0 Å². The van der Waals surface area contributed by atoms with Crippen LogP contribution in [0.2, 0.25) is 0 Å². The minimum absolute atomic E-state index is 0.0298. The fraction of sp³-hybridized carbons (Fsp3) is 1.00. The monoisotopic (exact) mass is 500 g/mol. The molecule has 0 atom stereocenters. The van der Waals surface area contributed by atoms with Crippen molar-refractivity contribution in [3.63, 3.8) is 0 Å². The fourth-order valence-corrected chi connectivity index (χ4v) is 2.27. The molecule has 1 N–H and O–H groups in total. The van der Waals surface area contributed by atoms with Crippen molar-refractivity contribution in [2.75, 3.05) is 132 Å². The third kappa shape index (κ3) is 31.6. The lowest BCUT2D eigenvalue weighted by Gasteiger charge is -2.09. The van der Waals surface area contributed by atoms with Crippen LogP contribution in [0.25, 0.3) is 0 Å². The van der Waals surface area contributed by atoms with Gasteiger partial charge in [-0.15, -0.1) is 0 Å². The molecule has 0 aromatic heterocycles. The summed E-state index contributed by atoms with van der Waals surface area (Å²) in [6.07, 6.45) is 0.234. The maximum atomic E-state index is 8.55. The molecule has 206 valence electrons. The van der Waals surface area contributed by atoms with Gasteiger partial charge in [0.25, 0.3) is 0 Å². The molecule has 0 saturated carbocycles. The van der Waals surface area contributed by atoms with Gasteiger partial charge in [-0.25, -0.2) is 0 Å². The Hall–Kier alpha value is -0.440. The Morgan fingerprint density at radius 1 is 0.353 bits per heavy atom. The maximum Gasteiger partial charge on any atom is 0.0703 e. The number of ether oxygens (including phenoxy) is 10. The van der Waals surface area contributed by atoms with Gasteiger partial charge in [-0.05, 0) is 13.8 Å². The van der Waals surface area contributed by atoms with E-state index in [2.05, 4.69) is 0 Å². The van der Waals surface area contributed by atoms with Gasteiger partial charge in [0.15, 0.2) is 0 Å². The van der Waals surface area contributed by atoms with Crippen LogP contribution >= 0.6 is 0 Å². The Bertz CT molecular complexity index is 362. The van der Waals surface area contributed by atoms with E-state index in [1.165, 1.54) is 0 Å². The molecule has 0 aliphatic carbocycles. The number of aliphatic hydroxyl groups excluding tert-OH is 1. The van der Waals surface area contributed by atoms with Crippen molar-refractivity contribution in [3.8, 4) is 0 Å². The first-order valence-corrected chi connectivity index (χ1v) is 12.2. The minimum Gasteiger partial charge on any atom is -0.394 e.